The summed E-state index contributed by atoms with van der Waals surface area (Å²) in [6.45, 7) is 7.17. The normalized spacial score (nSPS) is 22.5. The molecule has 0 spiro atoms. The quantitative estimate of drug-likeness (QED) is 0.613. The van der Waals surface area contributed by atoms with Crippen molar-refractivity contribution < 1.29 is 0 Å². The molecule has 1 rings (SSSR count). The molecule has 1 heterocycles. The number of rotatable bonds is 7. The summed E-state index contributed by atoms with van der Waals surface area (Å²) >= 11 is 0. The third kappa shape index (κ3) is 5.61. The van der Waals surface area contributed by atoms with Gasteiger partial charge in [0.05, 0.1) is 0 Å². The minimum atomic E-state index is 0.955. The average Bonchev–Trinajstić information content (AvgIpc) is 2.25. The summed E-state index contributed by atoms with van der Waals surface area (Å²) in [6.07, 6.45) is 8.22. The van der Waals surface area contributed by atoms with Crippen LogP contribution in [-0.2, 0) is 0 Å². The Balaban J connectivity index is 1.82. The summed E-state index contributed by atoms with van der Waals surface area (Å²) in [5, 5.41) is 6.98. The van der Waals surface area contributed by atoms with Crippen LogP contribution in [0.3, 0.4) is 0 Å². The van der Waals surface area contributed by atoms with E-state index in [-0.39, 0.29) is 0 Å². The van der Waals surface area contributed by atoms with Gasteiger partial charge in [0.2, 0.25) is 0 Å². The van der Waals surface area contributed by atoms with Crippen LogP contribution in [0.2, 0.25) is 0 Å². The molecule has 0 aliphatic carbocycles. The van der Waals surface area contributed by atoms with Gasteiger partial charge in [-0.1, -0.05) is 13.3 Å². The van der Waals surface area contributed by atoms with Crippen molar-refractivity contribution in [3.8, 4) is 0 Å². The minimum absolute atomic E-state index is 0.955. The van der Waals surface area contributed by atoms with E-state index in [2.05, 4.69) is 17.6 Å². The highest BCUT2D eigenvalue weighted by Gasteiger charge is 2.11. The van der Waals surface area contributed by atoms with Gasteiger partial charge in [0.25, 0.3) is 0 Å². The van der Waals surface area contributed by atoms with Gasteiger partial charge in [0.1, 0.15) is 0 Å². The van der Waals surface area contributed by atoms with Crippen LogP contribution in [0.4, 0.5) is 0 Å². The smallest absolute Gasteiger partial charge is 0.00205 e. The van der Waals surface area contributed by atoms with Gasteiger partial charge in [-0.3, -0.25) is 0 Å². The Bertz CT molecular complexity index is 119. The molecule has 2 nitrogen and oxygen atoms in total. The van der Waals surface area contributed by atoms with Crippen LogP contribution in [0.5, 0.6) is 0 Å². The zero-order valence-corrected chi connectivity index (χ0v) is 9.65. The summed E-state index contributed by atoms with van der Waals surface area (Å²) in [6, 6.07) is 0. The van der Waals surface area contributed by atoms with Crippen molar-refractivity contribution in [1.82, 2.24) is 10.6 Å². The Morgan fingerprint density at radius 1 is 1.29 bits per heavy atom. The Morgan fingerprint density at radius 3 is 2.86 bits per heavy atom. The first-order valence-electron chi connectivity index (χ1n) is 6.35. The van der Waals surface area contributed by atoms with Crippen LogP contribution < -0.4 is 10.6 Å². The maximum absolute atomic E-state index is 3.51. The second-order valence-corrected chi connectivity index (χ2v) is 4.46. The predicted molar refractivity (Wildman–Crippen MR) is 62.6 cm³/mol. The fourth-order valence-electron chi connectivity index (χ4n) is 2.11. The molecule has 0 radical (unpaired) electrons. The van der Waals surface area contributed by atoms with Crippen molar-refractivity contribution in [2.24, 2.45) is 5.92 Å². The van der Waals surface area contributed by atoms with Crippen LogP contribution >= 0.6 is 0 Å². The molecule has 1 atom stereocenters. The Labute approximate surface area is 88.8 Å². The molecular weight excluding hydrogens is 172 g/mol. The molecule has 1 fully saturated rings. The van der Waals surface area contributed by atoms with E-state index in [1.807, 2.05) is 0 Å². The lowest BCUT2D eigenvalue weighted by molar-refractivity contribution is 0.348. The van der Waals surface area contributed by atoms with Crippen molar-refractivity contribution in [1.29, 1.82) is 0 Å². The molecule has 1 aliphatic heterocycles. The molecular formula is C12H26N2. The van der Waals surface area contributed by atoms with E-state index >= 15 is 0 Å². The number of unbranched alkanes of at least 4 members (excludes halogenated alkanes) is 1. The molecule has 14 heavy (non-hydrogen) atoms. The highest BCUT2D eigenvalue weighted by molar-refractivity contribution is 4.69. The molecule has 2 heteroatoms. The van der Waals surface area contributed by atoms with Crippen LogP contribution in [0.25, 0.3) is 0 Å². The zero-order chi connectivity index (χ0) is 10.1. The first-order chi connectivity index (χ1) is 6.93. The molecule has 1 unspecified atom stereocenters. The first kappa shape index (κ1) is 12.0. The Morgan fingerprint density at radius 2 is 2.14 bits per heavy atom. The number of piperidine rings is 1. The van der Waals surface area contributed by atoms with Gasteiger partial charge in [-0.2, -0.15) is 0 Å². The van der Waals surface area contributed by atoms with E-state index < -0.39 is 0 Å². The van der Waals surface area contributed by atoms with E-state index in [4.69, 9.17) is 0 Å². The third-order valence-electron chi connectivity index (χ3n) is 3.07. The summed E-state index contributed by atoms with van der Waals surface area (Å²) in [5.41, 5.74) is 0. The van der Waals surface area contributed by atoms with Crippen molar-refractivity contribution in [3.63, 3.8) is 0 Å². The third-order valence-corrected chi connectivity index (χ3v) is 3.07. The fourth-order valence-corrected chi connectivity index (χ4v) is 2.11. The van der Waals surface area contributed by atoms with Gasteiger partial charge in [-0.25, -0.2) is 0 Å². The van der Waals surface area contributed by atoms with E-state index in [1.165, 1.54) is 64.7 Å². The predicted octanol–water partition coefficient (Wildman–Crippen LogP) is 2.16. The van der Waals surface area contributed by atoms with Gasteiger partial charge in [0.15, 0.2) is 0 Å². The Hall–Kier alpha value is -0.0800. The number of nitrogens with one attached hydrogen (secondary N) is 2. The molecule has 1 saturated heterocycles. The van der Waals surface area contributed by atoms with Crippen molar-refractivity contribution in [3.05, 3.63) is 0 Å². The van der Waals surface area contributed by atoms with Crippen molar-refractivity contribution in [2.45, 2.75) is 45.4 Å². The summed E-state index contributed by atoms with van der Waals surface area (Å²) < 4.78 is 0. The summed E-state index contributed by atoms with van der Waals surface area (Å²) in [7, 11) is 0. The van der Waals surface area contributed by atoms with Crippen LogP contribution in [0, 0.1) is 5.92 Å². The zero-order valence-electron chi connectivity index (χ0n) is 9.65. The standard InChI is InChI=1S/C12H26N2/c1-2-3-8-13-9-4-6-12-7-5-10-14-11-12/h12-14H,2-11H2,1H3. The first-order valence-corrected chi connectivity index (χ1v) is 6.35. The largest absolute Gasteiger partial charge is 0.317 e. The number of hydrogen-bond donors (Lipinski definition) is 2. The van der Waals surface area contributed by atoms with Crippen LogP contribution in [0.1, 0.15) is 45.4 Å². The summed E-state index contributed by atoms with van der Waals surface area (Å²) in [5.74, 6) is 0.955. The molecule has 0 aromatic rings. The van der Waals surface area contributed by atoms with E-state index in [9.17, 15) is 0 Å². The second-order valence-electron chi connectivity index (χ2n) is 4.46. The SMILES string of the molecule is CCCCNCCCC1CCCNC1. The molecule has 2 N–H and O–H groups in total. The highest BCUT2D eigenvalue weighted by Crippen LogP contribution is 2.15. The minimum Gasteiger partial charge on any atom is -0.317 e. The lowest BCUT2D eigenvalue weighted by atomic mass is 9.95. The summed E-state index contributed by atoms with van der Waals surface area (Å²) in [4.78, 5) is 0. The van der Waals surface area contributed by atoms with Gasteiger partial charge in [-0.05, 0) is 64.2 Å². The van der Waals surface area contributed by atoms with Crippen molar-refractivity contribution in [2.75, 3.05) is 26.2 Å². The van der Waals surface area contributed by atoms with E-state index in [0.717, 1.165) is 5.92 Å². The molecule has 0 amide bonds. The van der Waals surface area contributed by atoms with Crippen LogP contribution in [0.15, 0.2) is 0 Å². The Kier molecular flexibility index (Phi) is 7.06. The lowest BCUT2D eigenvalue weighted by Gasteiger charge is -2.22. The van der Waals surface area contributed by atoms with Crippen molar-refractivity contribution >= 4 is 0 Å². The molecule has 0 saturated carbocycles. The molecule has 84 valence electrons. The molecule has 0 aromatic heterocycles. The number of hydrogen-bond acceptors (Lipinski definition) is 2. The van der Waals surface area contributed by atoms with Crippen LogP contribution in [-0.4, -0.2) is 26.2 Å². The van der Waals surface area contributed by atoms with E-state index in [1.54, 1.807) is 0 Å². The maximum atomic E-state index is 3.51. The maximum Gasteiger partial charge on any atom is -0.00205 e. The molecule has 1 aliphatic rings. The fraction of sp³-hybridized carbons (Fsp3) is 1.00. The average molecular weight is 198 g/mol. The van der Waals surface area contributed by atoms with Gasteiger partial charge in [0, 0.05) is 0 Å². The van der Waals surface area contributed by atoms with Gasteiger partial charge >= 0.3 is 0 Å². The topological polar surface area (TPSA) is 24.1 Å². The molecule has 0 bridgehead atoms. The monoisotopic (exact) mass is 198 g/mol. The second kappa shape index (κ2) is 8.25. The lowest BCUT2D eigenvalue weighted by Crippen LogP contribution is -2.30. The van der Waals surface area contributed by atoms with E-state index in [0.29, 0.717) is 0 Å². The van der Waals surface area contributed by atoms with Gasteiger partial charge in [-0.15, -0.1) is 0 Å². The molecule has 0 aromatic carbocycles. The van der Waals surface area contributed by atoms with Gasteiger partial charge < -0.3 is 10.6 Å². The highest BCUT2D eigenvalue weighted by atomic mass is 14.9.